The summed E-state index contributed by atoms with van der Waals surface area (Å²) in [7, 11) is 0. The number of nitrogens with one attached hydrogen (secondary N) is 1. The third-order valence-corrected chi connectivity index (χ3v) is 6.17. The van der Waals surface area contributed by atoms with Crippen LogP contribution in [0.15, 0.2) is 72.3 Å². The molecule has 34 heavy (non-hydrogen) atoms. The van der Waals surface area contributed by atoms with Crippen LogP contribution in [0.1, 0.15) is 25.0 Å². The van der Waals surface area contributed by atoms with Gasteiger partial charge in [0, 0.05) is 44.7 Å². The highest BCUT2D eigenvalue weighted by Gasteiger charge is 2.13. The van der Waals surface area contributed by atoms with Crippen molar-refractivity contribution < 1.29 is 9.53 Å². The molecule has 0 heterocycles. The van der Waals surface area contributed by atoms with Crippen molar-refractivity contribution in [2.24, 2.45) is 0 Å². The lowest BCUT2D eigenvalue weighted by Gasteiger charge is -2.22. The maximum absolute atomic E-state index is 12.7. The van der Waals surface area contributed by atoms with Gasteiger partial charge in [0.1, 0.15) is 24.0 Å². The Labute approximate surface area is 219 Å². The summed E-state index contributed by atoms with van der Waals surface area (Å²) in [5.41, 5.74) is 3.24. The summed E-state index contributed by atoms with van der Waals surface area (Å²) in [6.07, 6.45) is 1.56. The third-order valence-electron chi connectivity index (χ3n) is 5.20. The first-order chi connectivity index (χ1) is 16.4. The molecule has 0 radical (unpaired) electrons. The number of carbonyl (C=O) groups is 1. The fraction of sp³-hybridized carbons (Fsp3) is 0.185. The predicted octanol–water partition coefficient (Wildman–Crippen LogP) is 6.92. The van der Waals surface area contributed by atoms with Gasteiger partial charge in [-0.05, 0) is 96.6 Å². The number of benzene rings is 3. The first-order valence-corrected chi connectivity index (χ1v) is 12.3. The molecule has 1 N–H and O–H groups in total. The first kappa shape index (κ1) is 25.6. The molecule has 0 aromatic heterocycles. The predicted molar refractivity (Wildman–Crippen MR) is 147 cm³/mol. The fourth-order valence-electron chi connectivity index (χ4n) is 3.33. The standard InChI is InChI=1S/C27H25ClIN3O2/c1-3-32(4-2)25-14-7-20(26(16-25)34-18-19-5-10-23(29)11-6-19)15-21(17-30)27(33)31-24-12-8-22(28)9-13-24/h5-16H,3-4,18H2,1-2H3,(H,31,33)/b21-15+. The van der Waals surface area contributed by atoms with Gasteiger partial charge in [-0.1, -0.05) is 23.7 Å². The van der Waals surface area contributed by atoms with Crippen molar-refractivity contribution >= 4 is 57.5 Å². The van der Waals surface area contributed by atoms with Crippen LogP contribution in [0.3, 0.4) is 0 Å². The molecule has 5 nitrogen and oxygen atoms in total. The van der Waals surface area contributed by atoms with Crippen LogP contribution in [0, 0.1) is 14.9 Å². The maximum atomic E-state index is 12.7. The van der Waals surface area contributed by atoms with Crippen molar-refractivity contribution in [3.63, 3.8) is 0 Å². The molecule has 3 aromatic rings. The van der Waals surface area contributed by atoms with Gasteiger partial charge in [0.25, 0.3) is 5.91 Å². The Kier molecular flexibility index (Phi) is 9.37. The number of carbonyl (C=O) groups excluding carboxylic acids is 1. The van der Waals surface area contributed by atoms with E-state index < -0.39 is 5.91 Å². The summed E-state index contributed by atoms with van der Waals surface area (Å²) in [6, 6.07) is 22.6. The number of nitriles is 1. The zero-order valence-electron chi connectivity index (χ0n) is 19.0. The summed E-state index contributed by atoms with van der Waals surface area (Å²) in [5.74, 6) is 0.108. The average molecular weight is 586 g/mol. The fourth-order valence-corrected chi connectivity index (χ4v) is 3.82. The molecular weight excluding hydrogens is 561 g/mol. The summed E-state index contributed by atoms with van der Waals surface area (Å²) in [6.45, 7) is 6.28. The van der Waals surface area contributed by atoms with Crippen LogP contribution >= 0.6 is 34.2 Å². The van der Waals surface area contributed by atoms with Gasteiger partial charge in [0.05, 0.1) is 0 Å². The van der Waals surface area contributed by atoms with Crippen LogP contribution in [-0.2, 0) is 11.4 Å². The molecular formula is C27H25ClIN3O2. The van der Waals surface area contributed by atoms with Gasteiger partial charge in [-0.3, -0.25) is 4.79 Å². The maximum Gasteiger partial charge on any atom is 0.266 e. The second kappa shape index (κ2) is 12.4. The Balaban J connectivity index is 1.90. The second-order valence-electron chi connectivity index (χ2n) is 7.44. The quantitative estimate of drug-likeness (QED) is 0.168. The minimum Gasteiger partial charge on any atom is -0.488 e. The van der Waals surface area contributed by atoms with Gasteiger partial charge in [0.15, 0.2) is 0 Å². The lowest BCUT2D eigenvalue weighted by atomic mass is 10.1. The molecule has 0 saturated carbocycles. The molecule has 0 bridgehead atoms. The van der Waals surface area contributed by atoms with E-state index in [2.05, 4.69) is 46.7 Å². The summed E-state index contributed by atoms with van der Waals surface area (Å²) in [4.78, 5) is 15.0. The Morgan fingerprint density at radius 3 is 2.38 bits per heavy atom. The van der Waals surface area contributed by atoms with Crippen molar-refractivity contribution in [1.29, 1.82) is 5.26 Å². The van der Waals surface area contributed by atoms with Gasteiger partial charge in [-0.2, -0.15) is 5.26 Å². The number of amides is 1. The zero-order chi connectivity index (χ0) is 24.5. The molecule has 0 spiro atoms. The highest BCUT2D eigenvalue weighted by Crippen LogP contribution is 2.29. The van der Waals surface area contributed by atoms with E-state index in [4.69, 9.17) is 16.3 Å². The molecule has 0 atom stereocenters. The Hall–Kier alpha value is -3.02. The Bertz CT molecular complexity index is 1200. The molecule has 174 valence electrons. The number of nitrogens with zero attached hydrogens (tertiary/aromatic N) is 2. The molecule has 0 saturated heterocycles. The summed E-state index contributed by atoms with van der Waals surface area (Å²) < 4.78 is 7.32. The van der Waals surface area contributed by atoms with Gasteiger partial charge in [-0.15, -0.1) is 0 Å². The van der Waals surface area contributed by atoms with Crippen LogP contribution in [-0.4, -0.2) is 19.0 Å². The Morgan fingerprint density at radius 1 is 1.09 bits per heavy atom. The van der Waals surface area contributed by atoms with Gasteiger partial charge >= 0.3 is 0 Å². The molecule has 1 amide bonds. The Morgan fingerprint density at radius 2 is 1.76 bits per heavy atom. The molecule has 0 aliphatic rings. The second-order valence-corrected chi connectivity index (χ2v) is 9.12. The topological polar surface area (TPSA) is 65.4 Å². The molecule has 0 aliphatic heterocycles. The number of hydrogen-bond donors (Lipinski definition) is 1. The molecule has 0 unspecified atom stereocenters. The highest BCUT2D eigenvalue weighted by molar-refractivity contribution is 14.1. The van der Waals surface area contributed by atoms with Crippen LogP contribution in [0.5, 0.6) is 5.75 Å². The SMILES string of the molecule is CCN(CC)c1ccc(/C=C(\C#N)C(=O)Nc2ccc(Cl)cc2)c(OCc2ccc(I)cc2)c1. The van der Waals surface area contributed by atoms with E-state index in [-0.39, 0.29) is 5.57 Å². The van der Waals surface area contributed by atoms with E-state index in [1.807, 2.05) is 48.5 Å². The molecule has 7 heteroatoms. The van der Waals surface area contributed by atoms with Crippen LogP contribution in [0.25, 0.3) is 6.08 Å². The van der Waals surface area contributed by atoms with Crippen molar-refractivity contribution in [2.75, 3.05) is 23.3 Å². The lowest BCUT2D eigenvalue weighted by molar-refractivity contribution is -0.112. The van der Waals surface area contributed by atoms with Crippen molar-refractivity contribution in [2.45, 2.75) is 20.5 Å². The highest BCUT2D eigenvalue weighted by atomic mass is 127. The van der Waals surface area contributed by atoms with Crippen LogP contribution in [0.4, 0.5) is 11.4 Å². The summed E-state index contributed by atoms with van der Waals surface area (Å²) in [5, 5.41) is 13.0. The van der Waals surface area contributed by atoms with E-state index in [9.17, 15) is 10.1 Å². The number of hydrogen-bond acceptors (Lipinski definition) is 4. The van der Waals surface area contributed by atoms with Crippen molar-refractivity contribution in [3.05, 3.63) is 92.0 Å². The van der Waals surface area contributed by atoms with E-state index in [1.54, 1.807) is 30.3 Å². The van der Waals surface area contributed by atoms with Crippen molar-refractivity contribution in [1.82, 2.24) is 0 Å². The molecule has 0 fully saturated rings. The summed E-state index contributed by atoms with van der Waals surface area (Å²) >= 11 is 8.17. The largest absolute Gasteiger partial charge is 0.488 e. The van der Waals surface area contributed by atoms with Crippen LogP contribution in [0.2, 0.25) is 5.02 Å². The molecule has 3 rings (SSSR count). The number of rotatable bonds is 9. The van der Waals surface area contributed by atoms with E-state index in [0.717, 1.165) is 27.9 Å². The lowest BCUT2D eigenvalue weighted by Crippen LogP contribution is -2.21. The van der Waals surface area contributed by atoms with Crippen LogP contribution < -0.4 is 15.0 Å². The number of anilines is 2. The average Bonchev–Trinajstić information content (AvgIpc) is 2.85. The minimum atomic E-state index is -0.499. The molecule has 3 aromatic carbocycles. The third kappa shape index (κ3) is 6.99. The van der Waals surface area contributed by atoms with E-state index in [1.165, 1.54) is 0 Å². The smallest absolute Gasteiger partial charge is 0.266 e. The molecule has 0 aliphatic carbocycles. The van der Waals surface area contributed by atoms with Gasteiger partial charge in [0.2, 0.25) is 0 Å². The number of halogens is 2. The number of ether oxygens (including phenoxy) is 1. The van der Waals surface area contributed by atoms with E-state index in [0.29, 0.717) is 28.6 Å². The minimum absolute atomic E-state index is 0.0235. The van der Waals surface area contributed by atoms with Gasteiger partial charge < -0.3 is 15.0 Å². The normalized spacial score (nSPS) is 11.0. The monoisotopic (exact) mass is 585 g/mol. The zero-order valence-corrected chi connectivity index (χ0v) is 21.9. The first-order valence-electron chi connectivity index (χ1n) is 10.9. The van der Waals surface area contributed by atoms with E-state index >= 15 is 0 Å². The van der Waals surface area contributed by atoms with Gasteiger partial charge in [-0.25, -0.2) is 0 Å². The van der Waals surface area contributed by atoms with Crippen molar-refractivity contribution in [3.8, 4) is 11.8 Å².